The standard InChI is InChI=1S/C15H20N2O5S/c1-16-23(21,22)12-8-4-7-11(9-12)17-14(18)13(15(19)20)10-5-2-3-6-10/h4,7-10,13,16H,2-3,5-6H2,1H3,(H,17,18)(H,19,20). The van der Waals surface area contributed by atoms with Gasteiger partial charge in [-0.2, -0.15) is 0 Å². The molecule has 1 aromatic carbocycles. The van der Waals surface area contributed by atoms with Crippen LogP contribution in [0, 0.1) is 11.8 Å². The minimum absolute atomic E-state index is 0.00513. The second-order valence-corrected chi connectivity index (χ2v) is 7.47. The molecule has 0 saturated heterocycles. The normalized spacial score (nSPS) is 16.9. The molecule has 1 saturated carbocycles. The van der Waals surface area contributed by atoms with E-state index in [2.05, 4.69) is 10.0 Å². The number of hydrogen-bond donors (Lipinski definition) is 3. The van der Waals surface area contributed by atoms with Gasteiger partial charge in [0.15, 0.2) is 0 Å². The number of carboxylic acid groups (broad SMARTS) is 1. The number of anilines is 1. The number of sulfonamides is 1. The molecule has 1 fully saturated rings. The second kappa shape index (κ2) is 7.10. The van der Waals surface area contributed by atoms with Gasteiger partial charge in [0.05, 0.1) is 4.90 Å². The molecule has 3 N–H and O–H groups in total. The summed E-state index contributed by atoms with van der Waals surface area (Å²) in [5.74, 6) is -3.03. The molecule has 0 aliphatic heterocycles. The molecule has 0 radical (unpaired) electrons. The predicted molar refractivity (Wildman–Crippen MR) is 84.4 cm³/mol. The number of hydrogen-bond acceptors (Lipinski definition) is 4. The Morgan fingerprint density at radius 1 is 1.26 bits per heavy atom. The van der Waals surface area contributed by atoms with E-state index in [-0.39, 0.29) is 16.5 Å². The second-order valence-electron chi connectivity index (χ2n) is 5.59. The summed E-state index contributed by atoms with van der Waals surface area (Å²) in [6.45, 7) is 0. The minimum Gasteiger partial charge on any atom is -0.481 e. The van der Waals surface area contributed by atoms with Gasteiger partial charge >= 0.3 is 5.97 Å². The van der Waals surface area contributed by atoms with Gasteiger partial charge in [-0.05, 0) is 44.0 Å². The van der Waals surface area contributed by atoms with Crippen LogP contribution in [0.2, 0.25) is 0 Å². The van der Waals surface area contributed by atoms with Crippen LogP contribution in [0.4, 0.5) is 5.69 Å². The summed E-state index contributed by atoms with van der Waals surface area (Å²) in [6.07, 6.45) is 3.30. The molecule has 7 nitrogen and oxygen atoms in total. The molecular weight excluding hydrogens is 320 g/mol. The van der Waals surface area contributed by atoms with E-state index in [1.165, 1.54) is 31.3 Å². The number of benzene rings is 1. The van der Waals surface area contributed by atoms with Gasteiger partial charge in [0.1, 0.15) is 5.92 Å². The van der Waals surface area contributed by atoms with Crippen LogP contribution in [-0.2, 0) is 19.6 Å². The smallest absolute Gasteiger partial charge is 0.316 e. The average molecular weight is 340 g/mol. The quantitative estimate of drug-likeness (QED) is 0.678. The van der Waals surface area contributed by atoms with Crippen LogP contribution in [0.25, 0.3) is 0 Å². The van der Waals surface area contributed by atoms with Crippen LogP contribution in [0.1, 0.15) is 25.7 Å². The zero-order valence-electron chi connectivity index (χ0n) is 12.8. The molecule has 23 heavy (non-hydrogen) atoms. The summed E-state index contributed by atoms with van der Waals surface area (Å²) in [6, 6.07) is 5.72. The first-order valence-corrected chi connectivity index (χ1v) is 8.91. The third kappa shape index (κ3) is 4.08. The molecule has 1 aliphatic rings. The van der Waals surface area contributed by atoms with Gasteiger partial charge in [-0.3, -0.25) is 9.59 Å². The highest BCUT2D eigenvalue weighted by Gasteiger charge is 2.36. The van der Waals surface area contributed by atoms with Crippen LogP contribution in [0.15, 0.2) is 29.2 Å². The van der Waals surface area contributed by atoms with Crippen LogP contribution in [0.5, 0.6) is 0 Å². The van der Waals surface area contributed by atoms with Crippen molar-refractivity contribution in [2.45, 2.75) is 30.6 Å². The summed E-state index contributed by atoms with van der Waals surface area (Å²) in [5.41, 5.74) is 0.260. The first kappa shape index (κ1) is 17.4. The SMILES string of the molecule is CNS(=O)(=O)c1cccc(NC(=O)C(C(=O)O)C2CCCC2)c1. The Kier molecular flexibility index (Phi) is 5.38. The van der Waals surface area contributed by atoms with Gasteiger partial charge < -0.3 is 10.4 Å². The number of amides is 1. The summed E-state index contributed by atoms with van der Waals surface area (Å²) in [4.78, 5) is 23.7. The van der Waals surface area contributed by atoms with Crippen LogP contribution in [0.3, 0.4) is 0 Å². The molecule has 0 bridgehead atoms. The average Bonchev–Trinajstić information content (AvgIpc) is 3.01. The summed E-state index contributed by atoms with van der Waals surface area (Å²) < 4.78 is 25.7. The Bertz CT molecular complexity index is 696. The lowest BCUT2D eigenvalue weighted by Gasteiger charge is -2.18. The van der Waals surface area contributed by atoms with E-state index in [4.69, 9.17) is 0 Å². The third-order valence-corrected chi connectivity index (χ3v) is 5.51. The van der Waals surface area contributed by atoms with Crippen molar-refractivity contribution in [2.24, 2.45) is 11.8 Å². The predicted octanol–water partition coefficient (Wildman–Crippen LogP) is 1.42. The zero-order chi connectivity index (χ0) is 17.0. The molecule has 2 rings (SSSR count). The highest BCUT2D eigenvalue weighted by molar-refractivity contribution is 7.89. The maximum atomic E-state index is 12.3. The van der Waals surface area contributed by atoms with E-state index in [1.54, 1.807) is 0 Å². The fraction of sp³-hybridized carbons (Fsp3) is 0.467. The summed E-state index contributed by atoms with van der Waals surface area (Å²) >= 11 is 0. The van der Waals surface area contributed by atoms with Gasteiger partial charge in [0, 0.05) is 5.69 Å². The van der Waals surface area contributed by atoms with E-state index >= 15 is 0 Å². The zero-order valence-corrected chi connectivity index (χ0v) is 13.6. The van der Waals surface area contributed by atoms with Gasteiger partial charge in [-0.25, -0.2) is 13.1 Å². The highest BCUT2D eigenvalue weighted by atomic mass is 32.2. The molecule has 0 spiro atoms. The first-order chi connectivity index (χ1) is 10.8. The maximum Gasteiger partial charge on any atom is 0.316 e. The molecule has 1 aliphatic carbocycles. The fourth-order valence-electron chi connectivity index (χ4n) is 2.90. The Morgan fingerprint density at radius 3 is 2.48 bits per heavy atom. The van der Waals surface area contributed by atoms with Crippen molar-refractivity contribution in [1.82, 2.24) is 4.72 Å². The Hall–Kier alpha value is -1.93. The number of carbonyl (C=O) groups is 2. The minimum atomic E-state index is -3.63. The third-order valence-electron chi connectivity index (χ3n) is 4.10. The van der Waals surface area contributed by atoms with Crippen molar-refractivity contribution < 1.29 is 23.1 Å². The Balaban J connectivity index is 2.18. The van der Waals surface area contributed by atoms with E-state index in [9.17, 15) is 23.1 Å². The molecule has 1 amide bonds. The van der Waals surface area contributed by atoms with Crippen molar-refractivity contribution in [3.63, 3.8) is 0 Å². The van der Waals surface area contributed by atoms with Gasteiger partial charge in [-0.15, -0.1) is 0 Å². The van der Waals surface area contributed by atoms with Gasteiger partial charge in [0.2, 0.25) is 15.9 Å². The first-order valence-electron chi connectivity index (χ1n) is 7.42. The molecule has 126 valence electrons. The molecule has 1 aromatic rings. The maximum absolute atomic E-state index is 12.3. The van der Waals surface area contributed by atoms with Gasteiger partial charge in [0.25, 0.3) is 0 Å². The molecule has 0 heterocycles. The Labute approximate surface area is 135 Å². The van der Waals surface area contributed by atoms with E-state index in [0.717, 1.165) is 25.7 Å². The van der Waals surface area contributed by atoms with E-state index in [0.29, 0.717) is 0 Å². The molecule has 1 atom stereocenters. The molecule has 0 aromatic heterocycles. The largest absolute Gasteiger partial charge is 0.481 e. The van der Waals surface area contributed by atoms with Crippen LogP contribution in [-0.4, -0.2) is 32.4 Å². The van der Waals surface area contributed by atoms with Crippen LogP contribution >= 0.6 is 0 Å². The van der Waals surface area contributed by atoms with Gasteiger partial charge in [-0.1, -0.05) is 18.9 Å². The number of carbonyl (C=O) groups excluding carboxylic acids is 1. The monoisotopic (exact) mass is 340 g/mol. The topological polar surface area (TPSA) is 113 Å². The van der Waals surface area contributed by atoms with Crippen molar-refractivity contribution in [2.75, 3.05) is 12.4 Å². The summed E-state index contributed by atoms with van der Waals surface area (Å²) in [5, 5.41) is 11.9. The van der Waals surface area contributed by atoms with Crippen molar-refractivity contribution in [3.05, 3.63) is 24.3 Å². The number of aliphatic carboxylic acids is 1. The lowest BCUT2D eigenvalue weighted by Crippen LogP contribution is -2.34. The number of nitrogens with one attached hydrogen (secondary N) is 2. The highest BCUT2D eigenvalue weighted by Crippen LogP contribution is 2.32. The summed E-state index contributed by atoms with van der Waals surface area (Å²) in [7, 11) is -2.33. The van der Waals surface area contributed by atoms with E-state index < -0.39 is 27.8 Å². The van der Waals surface area contributed by atoms with E-state index in [1.807, 2.05) is 0 Å². The molecular formula is C15H20N2O5S. The Morgan fingerprint density at radius 2 is 1.91 bits per heavy atom. The van der Waals surface area contributed by atoms with Crippen molar-refractivity contribution >= 4 is 27.6 Å². The lowest BCUT2D eigenvalue weighted by atomic mass is 9.90. The molecule has 8 heteroatoms. The van der Waals surface area contributed by atoms with Crippen molar-refractivity contribution in [3.8, 4) is 0 Å². The number of rotatable bonds is 6. The fourth-order valence-corrected chi connectivity index (χ4v) is 3.67. The molecule has 1 unspecified atom stereocenters. The lowest BCUT2D eigenvalue weighted by molar-refractivity contribution is -0.147. The van der Waals surface area contributed by atoms with Crippen LogP contribution < -0.4 is 10.0 Å². The number of carboxylic acids is 1. The van der Waals surface area contributed by atoms with Crippen molar-refractivity contribution in [1.29, 1.82) is 0 Å².